The molecule has 2 heterocycles. The molecule has 17 heavy (non-hydrogen) atoms. The Morgan fingerprint density at radius 3 is 2.59 bits per heavy atom. The maximum atomic E-state index is 12.6. The molecule has 0 amide bonds. The number of fused-ring (bicyclic) bond motifs is 1. The van der Waals surface area contributed by atoms with Crippen LogP contribution in [0.3, 0.4) is 0 Å². The van der Waals surface area contributed by atoms with Crippen LogP contribution < -0.4 is 4.74 Å². The Balaban J connectivity index is 2.82. The lowest BCUT2D eigenvalue weighted by molar-refractivity contribution is -0.141. The van der Waals surface area contributed by atoms with Crippen LogP contribution in [-0.4, -0.2) is 21.7 Å². The van der Waals surface area contributed by atoms with E-state index in [0.717, 1.165) is 4.52 Å². The highest BCUT2D eigenvalue weighted by Gasteiger charge is 2.37. The van der Waals surface area contributed by atoms with Crippen molar-refractivity contribution < 1.29 is 17.9 Å². The first-order valence-electron chi connectivity index (χ1n) is 4.51. The fraction of sp³-hybridized carbons (Fsp3) is 0.333. The molecular weight excluding hydrogens is 259 g/mol. The molecule has 0 atom stereocenters. The lowest BCUT2D eigenvalue weighted by atomic mass is 10.3. The Hall–Kier alpha value is -1.50. The summed E-state index contributed by atoms with van der Waals surface area (Å²) < 4.78 is 43.9. The minimum atomic E-state index is -4.53. The van der Waals surface area contributed by atoms with E-state index in [1.807, 2.05) is 0 Å². The second-order valence-electron chi connectivity index (χ2n) is 3.31. The van der Waals surface area contributed by atoms with Gasteiger partial charge in [-0.15, -0.1) is 0 Å². The van der Waals surface area contributed by atoms with Crippen molar-refractivity contribution in [3.05, 3.63) is 22.6 Å². The Morgan fingerprint density at radius 1 is 1.41 bits per heavy atom. The molecule has 0 bridgehead atoms. The number of imidazole rings is 1. The van der Waals surface area contributed by atoms with Gasteiger partial charge in [0.2, 0.25) is 0 Å². The van der Waals surface area contributed by atoms with Gasteiger partial charge in [-0.1, -0.05) is 11.6 Å². The fourth-order valence-electron chi connectivity index (χ4n) is 1.49. The highest BCUT2D eigenvalue weighted by Crippen LogP contribution is 2.33. The minimum Gasteiger partial charge on any atom is -0.493 e. The molecule has 2 aromatic rings. The molecule has 0 aromatic carbocycles. The van der Waals surface area contributed by atoms with Crippen LogP contribution in [0.1, 0.15) is 11.4 Å². The predicted molar refractivity (Wildman–Crippen MR) is 54.3 cm³/mol. The number of hydrogen-bond donors (Lipinski definition) is 0. The van der Waals surface area contributed by atoms with E-state index < -0.39 is 11.9 Å². The highest BCUT2D eigenvalue weighted by molar-refractivity contribution is 6.29. The van der Waals surface area contributed by atoms with Crippen LogP contribution in [-0.2, 0) is 6.18 Å². The SMILES string of the molecule is COc1cc(Cl)nn2c(C)c(C(F)(F)F)nc12. The second-order valence-corrected chi connectivity index (χ2v) is 3.70. The van der Waals surface area contributed by atoms with E-state index in [0.29, 0.717) is 0 Å². The van der Waals surface area contributed by atoms with E-state index in [1.165, 1.54) is 20.1 Å². The van der Waals surface area contributed by atoms with Crippen LogP contribution in [0.25, 0.3) is 5.65 Å². The summed E-state index contributed by atoms with van der Waals surface area (Å²) in [5.41, 5.74) is -1.14. The van der Waals surface area contributed by atoms with Gasteiger partial charge in [0.1, 0.15) is 0 Å². The first-order chi connectivity index (χ1) is 7.84. The standard InChI is InChI=1S/C9H7ClF3N3O/c1-4-7(9(11,12)13)14-8-5(17-2)3-6(10)15-16(4)8/h3H,1-2H3. The van der Waals surface area contributed by atoms with Gasteiger partial charge in [0.05, 0.1) is 12.8 Å². The molecular formula is C9H7ClF3N3O. The van der Waals surface area contributed by atoms with Crippen molar-refractivity contribution in [3.63, 3.8) is 0 Å². The van der Waals surface area contributed by atoms with Crippen LogP contribution in [0.5, 0.6) is 5.75 Å². The molecule has 0 aliphatic rings. The third-order valence-electron chi connectivity index (χ3n) is 2.23. The summed E-state index contributed by atoms with van der Waals surface area (Å²) in [5.74, 6) is 0.142. The second kappa shape index (κ2) is 3.76. The van der Waals surface area contributed by atoms with Crippen molar-refractivity contribution in [1.82, 2.24) is 14.6 Å². The normalized spacial score (nSPS) is 12.1. The highest BCUT2D eigenvalue weighted by atomic mass is 35.5. The average Bonchev–Trinajstić information content (AvgIpc) is 2.55. The first kappa shape index (κ1) is 12.0. The summed E-state index contributed by atoms with van der Waals surface area (Å²) in [6.07, 6.45) is -4.53. The van der Waals surface area contributed by atoms with Gasteiger partial charge >= 0.3 is 6.18 Å². The average molecular weight is 266 g/mol. The lowest BCUT2D eigenvalue weighted by Gasteiger charge is -2.03. The van der Waals surface area contributed by atoms with Crippen LogP contribution >= 0.6 is 11.6 Å². The number of rotatable bonds is 1. The third-order valence-corrected chi connectivity index (χ3v) is 2.42. The van der Waals surface area contributed by atoms with E-state index in [4.69, 9.17) is 16.3 Å². The van der Waals surface area contributed by atoms with E-state index in [-0.39, 0.29) is 22.2 Å². The molecule has 0 aliphatic carbocycles. The molecule has 0 spiro atoms. The quantitative estimate of drug-likeness (QED) is 0.796. The number of alkyl halides is 3. The zero-order chi connectivity index (χ0) is 12.8. The number of ether oxygens (including phenoxy) is 1. The van der Waals surface area contributed by atoms with E-state index >= 15 is 0 Å². The minimum absolute atomic E-state index is 0.0123. The number of hydrogen-bond acceptors (Lipinski definition) is 3. The molecule has 4 nitrogen and oxygen atoms in total. The summed E-state index contributed by atoms with van der Waals surface area (Å²) in [5, 5.41) is 3.79. The Kier molecular flexibility index (Phi) is 2.65. The maximum absolute atomic E-state index is 12.6. The topological polar surface area (TPSA) is 39.4 Å². The summed E-state index contributed by atoms with van der Waals surface area (Å²) in [6.45, 7) is 1.27. The van der Waals surface area contributed by atoms with Crippen LogP contribution in [0.2, 0.25) is 5.15 Å². The molecule has 2 rings (SSSR count). The van der Waals surface area contributed by atoms with Crippen molar-refractivity contribution in [2.24, 2.45) is 0 Å². The van der Waals surface area contributed by atoms with E-state index in [1.54, 1.807) is 0 Å². The van der Waals surface area contributed by atoms with Gasteiger partial charge in [0.15, 0.2) is 22.2 Å². The molecule has 0 saturated carbocycles. The fourth-order valence-corrected chi connectivity index (χ4v) is 1.67. The molecule has 0 unspecified atom stereocenters. The summed E-state index contributed by atoms with van der Waals surface area (Å²) >= 11 is 5.68. The van der Waals surface area contributed by atoms with Crippen LogP contribution in [0.15, 0.2) is 6.07 Å². The molecule has 0 radical (unpaired) electrons. The number of halogens is 4. The molecule has 2 aromatic heterocycles. The molecule has 8 heteroatoms. The van der Waals surface area contributed by atoms with E-state index in [9.17, 15) is 13.2 Å². The Morgan fingerprint density at radius 2 is 2.06 bits per heavy atom. The van der Waals surface area contributed by atoms with Crippen molar-refractivity contribution in [2.45, 2.75) is 13.1 Å². The largest absolute Gasteiger partial charge is 0.493 e. The summed E-state index contributed by atoms with van der Waals surface area (Å²) in [6, 6.07) is 1.31. The monoisotopic (exact) mass is 265 g/mol. The van der Waals surface area contributed by atoms with Gasteiger partial charge in [-0.05, 0) is 6.92 Å². The van der Waals surface area contributed by atoms with Crippen molar-refractivity contribution in [1.29, 1.82) is 0 Å². The van der Waals surface area contributed by atoms with Crippen LogP contribution in [0, 0.1) is 6.92 Å². The van der Waals surface area contributed by atoms with Gasteiger partial charge in [-0.25, -0.2) is 9.50 Å². The Labute approximate surface area is 99.0 Å². The predicted octanol–water partition coefficient (Wildman–Crippen LogP) is 2.72. The number of nitrogens with zero attached hydrogens (tertiary/aromatic N) is 3. The van der Waals surface area contributed by atoms with Gasteiger partial charge in [0, 0.05) is 6.07 Å². The summed E-state index contributed by atoms with van der Waals surface area (Å²) in [7, 11) is 1.32. The molecule has 0 aliphatic heterocycles. The molecule has 0 N–H and O–H groups in total. The van der Waals surface area contributed by atoms with Crippen LogP contribution in [0.4, 0.5) is 13.2 Å². The summed E-state index contributed by atoms with van der Waals surface area (Å²) in [4.78, 5) is 3.49. The smallest absolute Gasteiger partial charge is 0.435 e. The van der Waals surface area contributed by atoms with Crippen molar-refractivity contribution >= 4 is 17.2 Å². The van der Waals surface area contributed by atoms with Crippen molar-refractivity contribution in [3.8, 4) is 5.75 Å². The van der Waals surface area contributed by atoms with Crippen molar-refractivity contribution in [2.75, 3.05) is 7.11 Å². The van der Waals surface area contributed by atoms with E-state index in [2.05, 4.69) is 10.1 Å². The van der Waals surface area contributed by atoms with Gasteiger partial charge in [-0.3, -0.25) is 0 Å². The molecule has 0 saturated heterocycles. The lowest BCUT2D eigenvalue weighted by Crippen LogP contribution is -2.08. The van der Waals surface area contributed by atoms with Gasteiger partial charge < -0.3 is 4.74 Å². The molecule has 92 valence electrons. The Bertz CT molecular complexity index is 579. The first-order valence-corrected chi connectivity index (χ1v) is 4.89. The van der Waals surface area contributed by atoms with Gasteiger partial charge in [-0.2, -0.15) is 18.3 Å². The number of aromatic nitrogens is 3. The zero-order valence-electron chi connectivity index (χ0n) is 8.84. The maximum Gasteiger partial charge on any atom is 0.435 e. The van der Waals surface area contributed by atoms with Gasteiger partial charge in [0.25, 0.3) is 0 Å². The molecule has 0 fully saturated rings. The zero-order valence-corrected chi connectivity index (χ0v) is 9.60. The number of aryl methyl sites for hydroxylation is 1. The number of methoxy groups -OCH3 is 1. The third kappa shape index (κ3) is 1.90.